The maximum absolute atomic E-state index is 13.8. The summed E-state index contributed by atoms with van der Waals surface area (Å²) in [7, 11) is 0. The Kier molecular flexibility index (Phi) is 7.59. The van der Waals surface area contributed by atoms with Gasteiger partial charge in [-0.15, -0.1) is 6.58 Å². The molecule has 0 saturated heterocycles. The fourth-order valence-electron chi connectivity index (χ4n) is 5.29. The first-order valence-electron chi connectivity index (χ1n) is 11.0. The zero-order chi connectivity index (χ0) is 20.9. The molecule has 160 valence electrons. The van der Waals surface area contributed by atoms with Gasteiger partial charge in [-0.2, -0.15) is 13.2 Å². The molecule has 0 radical (unpaired) electrons. The maximum Gasteiger partial charge on any atom is 0.412 e. The van der Waals surface area contributed by atoms with Crippen molar-refractivity contribution in [3.05, 3.63) is 60.0 Å². The van der Waals surface area contributed by atoms with Crippen molar-refractivity contribution in [2.75, 3.05) is 0 Å². The smallest absolute Gasteiger partial charge is 0.212 e. The summed E-state index contributed by atoms with van der Waals surface area (Å²) in [6.07, 6.45) is 6.83. The summed E-state index contributed by atoms with van der Waals surface area (Å²) >= 11 is 0. The van der Waals surface area contributed by atoms with E-state index in [1.807, 2.05) is 6.08 Å². The normalized spacial score (nSPS) is 28.9. The molecular weight excluding hydrogens is 376 g/mol. The Morgan fingerprint density at radius 1 is 0.897 bits per heavy atom. The average Bonchev–Trinajstić information content (AvgIpc) is 2.72. The van der Waals surface area contributed by atoms with E-state index in [0.717, 1.165) is 25.7 Å². The van der Waals surface area contributed by atoms with Crippen molar-refractivity contribution >= 4 is 0 Å². The molecule has 0 heterocycles. The van der Waals surface area contributed by atoms with E-state index in [1.54, 1.807) is 0 Å². The molecule has 0 spiro atoms. The molecular formula is C25H32F4. The molecule has 0 aliphatic heterocycles. The van der Waals surface area contributed by atoms with Gasteiger partial charge in [0.05, 0.1) is 6.08 Å². The monoisotopic (exact) mass is 408 g/mol. The van der Waals surface area contributed by atoms with Gasteiger partial charge in [-0.1, -0.05) is 30.3 Å². The number of allylic oxidation sites excluding steroid dienone is 3. The predicted octanol–water partition coefficient (Wildman–Crippen LogP) is 8.30. The molecule has 0 aromatic heterocycles. The minimum absolute atomic E-state index is 0.147. The lowest BCUT2D eigenvalue weighted by atomic mass is 9.68. The highest BCUT2D eigenvalue weighted by Gasteiger charge is 2.34. The van der Waals surface area contributed by atoms with E-state index in [0.29, 0.717) is 30.6 Å². The maximum atomic E-state index is 13.8. The van der Waals surface area contributed by atoms with E-state index in [9.17, 15) is 17.6 Å². The average molecular weight is 409 g/mol. The van der Waals surface area contributed by atoms with Crippen LogP contribution in [0.4, 0.5) is 17.6 Å². The van der Waals surface area contributed by atoms with Gasteiger partial charge >= 0.3 is 6.18 Å². The minimum atomic E-state index is -4.55. The van der Waals surface area contributed by atoms with Crippen LogP contribution in [0.1, 0.15) is 74.8 Å². The topological polar surface area (TPSA) is 0 Å². The Bertz CT molecular complexity index is 670. The van der Waals surface area contributed by atoms with Crippen LogP contribution in [0.3, 0.4) is 0 Å². The van der Waals surface area contributed by atoms with Crippen LogP contribution in [0.5, 0.6) is 0 Å². The van der Waals surface area contributed by atoms with Gasteiger partial charge in [0.15, 0.2) is 0 Å². The largest absolute Gasteiger partial charge is 0.412 e. The standard InChI is InChI=1S/C25H32F4/c1-2-3-4-18-5-7-19(8-6-18)20-9-11-21(12-10-20)22-13-15-23(16-14-22)24(26)17-25(27,28)29/h2,5-8,17,20-23H,1,3-4,9-16H2/b24-17-. The zero-order valence-corrected chi connectivity index (χ0v) is 17.1. The van der Waals surface area contributed by atoms with Crippen molar-refractivity contribution in [2.24, 2.45) is 17.8 Å². The summed E-state index contributed by atoms with van der Waals surface area (Å²) in [6.45, 7) is 3.77. The number of hydrogen-bond acceptors (Lipinski definition) is 0. The molecule has 0 atom stereocenters. The van der Waals surface area contributed by atoms with E-state index >= 15 is 0 Å². The summed E-state index contributed by atoms with van der Waals surface area (Å²) in [4.78, 5) is 0. The van der Waals surface area contributed by atoms with E-state index in [-0.39, 0.29) is 6.08 Å². The Morgan fingerprint density at radius 2 is 1.45 bits per heavy atom. The molecule has 0 unspecified atom stereocenters. The van der Waals surface area contributed by atoms with Gasteiger partial charge in [-0.3, -0.25) is 0 Å². The Balaban J connectivity index is 1.45. The molecule has 0 amide bonds. The third-order valence-electron chi connectivity index (χ3n) is 6.99. The van der Waals surface area contributed by atoms with Crippen LogP contribution in [0.25, 0.3) is 0 Å². The highest BCUT2D eigenvalue weighted by Crippen LogP contribution is 2.45. The van der Waals surface area contributed by atoms with E-state index in [2.05, 4.69) is 30.8 Å². The predicted molar refractivity (Wildman–Crippen MR) is 110 cm³/mol. The van der Waals surface area contributed by atoms with Crippen molar-refractivity contribution in [1.29, 1.82) is 0 Å². The highest BCUT2D eigenvalue weighted by atomic mass is 19.4. The number of benzene rings is 1. The van der Waals surface area contributed by atoms with Crippen LogP contribution in [0, 0.1) is 17.8 Å². The molecule has 0 N–H and O–H groups in total. The van der Waals surface area contributed by atoms with Gasteiger partial charge in [-0.25, -0.2) is 4.39 Å². The molecule has 2 saturated carbocycles. The van der Waals surface area contributed by atoms with Gasteiger partial charge in [0, 0.05) is 5.92 Å². The van der Waals surface area contributed by atoms with Crippen molar-refractivity contribution in [2.45, 2.75) is 76.3 Å². The first-order chi connectivity index (χ1) is 13.9. The van der Waals surface area contributed by atoms with Crippen molar-refractivity contribution in [3.8, 4) is 0 Å². The van der Waals surface area contributed by atoms with E-state index < -0.39 is 17.9 Å². The number of aryl methyl sites for hydroxylation is 1. The molecule has 2 aliphatic carbocycles. The summed E-state index contributed by atoms with van der Waals surface area (Å²) in [5.41, 5.74) is 2.78. The molecule has 3 rings (SSSR count). The third-order valence-corrected chi connectivity index (χ3v) is 6.99. The van der Waals surface area contributed by atoms with Gasteiger partial charge in [0.2, 0.25) is 0 Å². The fraction of sp³-hybridized carbons (Fsp3) is 0.600. The van der Waals surface area contributed by atoms with Crippen molar-refractivity contribution in [3.63, 3.8) is 0 Å². The van der Waals surface area contributed by atoms with E-state index in [1.165, 1.54) is 36.8 Å². The molecule has 4 heteroatoms. The lowest BCUT2D eigenvalue weighted by Gasteiger charge is -2.37. The summed E-state index contributed by atoms with van der Waals surface area (Å²) in [6, 6.07) is 9.00. The van der Waals surface area contributed by atoms with Crippen molar-refractivity contribution in [1.82, 2.24) is 0 Å². The minimum Gasteiger partial charge on any atom is -0.212 e. The molecule has 0 nitrogen and oxygen atoms in total. The summed E-state index contributed by atoms with van der Waals surface area (Å²) in [5, 5.41) is 0. The molecule has 1 aromatic carbocycles. The third kappa shape index (κ3) is 6.45. The number of hydrogen-bond donors (Lipinski definition) is 0. The molecule has 29 heavy (non-hydrogen) atoms. The first-order valence-corrected chi connectivity index (χ1v) is 11.0. The number of halogens is 4. The second-order valence-corrected chi connectivity index (χ2v) is 8.86. The van der Waals surface area contributed by atoms with Crippen LogP contribution < -0.4 is 0 Å². The van der Waals surface area contributed by atoms with Gasteiger partial charge in [0.1, 0.15) is 5.83 Å². The number of rotatable bonds is 6. The van der Waals surface area contributed by atoms with Crippen LogP contribution in [0.15, 0.2) is 48.8 Å². The van der Waals surface area contributed by atoms with E-state index in [4.69, 9.17) is 0 Å². The van der Waals surface area contributed by atoms with Crippen LogP contribution in [0.2, 0.25) is 0 Å². The SMILES string of the molecule is C=CCCc1ccc(C2CCC(C3CCC(/C(F)=C/C(F)(F)F)CC3)CC2)cc1. The lowest BCUT2D eigenvalue weighted by Crippen LogP contribution is -2.25. The zero-order valence-electron chi connectivity index (χ0n) is 17.1. The van der Waals surface area contributed by atoms with Gasteiger partial charge in [-0.05, 0) is 93.1 Å². The lowest BCUT2D eigenvalue weighted by molar-refractivity contribution is -0.0821. The Morgan fingerprint density at radius 3 is 1.97 bits per heavy atom. The fourth-order valence-corrected chi connectivity index (χ4v) is 5.29. The quantitative estimate of drug-likeness (QED) is 0.328. The molecule has 2 fully saturated rings. The molecule has 0 bridgehead atoms. The second-order valence-electron chi connectivity index (χ2n) is 8.86. The molecule has 1 aromatic rings. The van der Waals surface area contributed by atoms with Crippen LogP contribution in [-0.4, -0.2) is 6.18 Å². The van der Waals surface area contributed by atoms with Crippen LogP contribution in [-0.2, 0) is 6.42 Å². The summed E-state index contributed by atoms with van der Waals surface area (Å²) in [5.74, 6) is 0.295. The number of alkyl halides is 3. The van der Waals surface area contributed by atoms with Crippen molar-refractivity contribution < 1.29 is 17.6 Å². The Hall–Kier alpha value is -1.58. The Labute approximate surface area is 172 Å². The second kappa shape index (κ2) is 9.95. The first kappa shape index (κ1) is 22.1. The van der Waals surface area contributed by atoms with Gasteiger partial charge in [0.25, 0.3) is 0 Å². The van der Waals surface area contributed by atoms with Gasteiger partial charge < -0.3 is 0 Å². The summed E-state index contributed by atoms with van der Waals surface area (Å²) < 4.78 is 50.9. The highest BCUT2D eigenvalue weighted by molar-refractivity contribution is 5.26. The molecule has 2 aliphatic rings. The van der Waals surface area contributed by atoms with Crippen LogP contribution >= 0.6 is 0 Å².